The number of hydrogen-bond donors (Lipinski definition) is 1. The van der Waals surface area contributed by atoms with Gasteiger partial charge in [0.25, 0.3) is 0 Å². The van der Waals surface area contributed by atoms with E-state index < -0.39 is 5.60 Å². The van der Waals surface area contributed by atoms with Crippen molar-refractivity contribution in [2.45, 2.75) is 58.1 Å². The molecule has 0 amide bonds. The van der Waals surface area contributed by atoms with Crippen LogP contribution in [0.4, 0.5) is 0 Å². The lowest BCUT2D eigenvalue weighted by Gasteiger charge is -2.29. The van der Waals surface area contributed by atoms with E-state index in [4.69, 9.17) is 0 Å². The Morgan fingerprint density at radius 3 is 2.67 bits per heavy atom. The molecule has 1 saturated carbocycles. The van der Waals surface area contributed by atoms with Crippen molar-refractivity contribution in [2.24, 2.45) is 5.41 Å². The van der Waals surface area contributed by atoms with Gasteiger partial charge in [-0.05, 0) is 67.5 Å². The summed E-state index contributed by atoms with van der Waals surface area (Å²) in [5, 5.41) is 15.7. The minimum Gasteiger partial charge on any atom is -0.384 e. The van der Waals surface area contributed by atoms with Crippen LogP contribution in [0.1, 0.15) is 51.6 Å². The molecule has 0 radical (unpaired) electrons. The summed E-state index contributed by atoms with van der Waals surface area (Å²) < 4.78 is 2.91. The molecule has 0 spiro atoms. The van der Waals surface area contributed by atoms with Crippen LogP contribution < -0.4 is 0 Å². The average molecular weight is 358 g/mol. The molecule has 4 nitrogen and oxygen atoms in total. The molecular formula is C16H28BrN3O. The number of rotatable bonds is 4. The minimum atomic E-state index is -0.755. The maximum atomic E-state index is 11.3. The molecule has 1 aromatic rings. The molecule has 1 fully saturated rings. The average Bonchev–Trinajstić information content (AvgIpc) is 2.69. The van der Waals surface area contributed by atoms with E-state index in [0.29, 0.717) is 5.41 Å². The predicted molar refractivity (Wildman–Crippen MR) is 89.2 cm³/mol. The largest absolute Gasteiger partial charge is 0.384 e. The second kappa shape index (κ2) is 6.39. The minimum absolute atomic E-state index is 0.325. The zero-order valence-electron chi connectivity index (χ0n) is 13.7. The maximum Gasteiger partial charge on any atom is 0.107 e. The summed E-state index contributed by atoms with van der Waals surface area (Å²) in [6, 6.07) is 0. The molecular weight excluding hydrogens is 330 g/mol. The monoisotopic (exact) mass is 357 g/mol. The third-order valence-corrected chi connectivity index (χ3v) is 5.23. The predicted octanol–water partition coefficient (Wildman–Crippen LogP) is 3.39. The smallest absolute Gasteiger partial charge is 0.107 e. The lowest BCUT2D eigenvalue weighted by Crippen LogP contribution is -2.31. The van der Waals surface area contributed by atoms with Crippen molar-refractivity contribution in [3.63, 3.8) is 0 Å². The summed E-state index contributed by atoms with van der Waals surface area (Å²) in [4.78, 5) is 2.14. The van der Waals surface area contributed by atoms with Crippen LogP contribution in [0.3, 0.4) is 0 Å². The third-order valence-electron chi connectivity index (χ3n) is 4.65. The van der Waals surface area contributed by atoms with Crippen molar-refractivity contribution in [2.75, 3.05) is 20.6 Å². The van der Waals surface area contributed by atoms with E-state index in [2.05, 4.69) is 53.9 Å². The zero-order valence-corrected chi connectivity index (χ0v) is 15.3. The highest BCUT2D eigenvalue weighted by atomic mass is 79.9. The first kappa shape index (κ1) is 17.0. The standard InChI is InChI=1S/C16H28BrN3O/c1-15(2)6-5-7-16(21,9-8-15)14-13(17)12-18-20(14)11-10-19(3)4/h12,21H,5-11H2,1-4H3. The molecule has 1 aliphatic rings. The quantitative estimate of drug-likeness (QED) is 0.839. The van der Waals surface area contributed by atoms with Gasteiger partial charge in [-0.2, -0.15) is 5.10 Å². The normalized spacial score (nSPS) is 26.0. The van der Waals surface area contributed by atoms with Gasteiger partial charge in [0.05, 0.1) is 22.9 Å². The van der Waals surface area contributed by atoms with Gasteiger partial charge in [-0.1, -0.05) is 13.8 Å². The van der Waals surface area contributed by atoms with Crippen LogP contribution in [0.5, 0.6) is 0 Å². The Morgan fingerprint density at radius 1 is 1.29 bits per heavy atom. The van der Waals surface area contributed by atoms with Gasteiger partial charge in [-0.15, -0.1) is 0 Å². The number of halogens is 1. The van der Waals surface area contributed by atoms with Crippen LogP contribution in [-0.2, 0) is 12.1 Å². The van der Waals surface area contributed by atoms with Crippen molar-refractivity contribution in [1.82, 2.24) is 14.7 Å². The van der Waals surface area contributed by atoms with Crippen molar-refractivity contribution in [3.05, 3.63) is 16.4 Å². The molecule has 1 aromatic heterocycles. The van der Waals surface area contributed by atoms with E-state index in [1.54, 1.807) is 0 Å². The van der Waals surface area contributed by atoms with Gasteiger partial charge in [-0.3, -0.25) is 4.68 Å². The van der Waals surface area contributed by atoms with Crippen LogP contribution in [0.15, 0.2) is 10.7 Å². The lowest BCUT2D eigenvalue weighted by atomic mass is 9.83. The second-order valence-corrected chi connectivity index (χ2v) is 8.27. The molecule has 0 aliphatic heterocycles. The van der Waals surface area contributed by atoms with Crippen LogP contribution in [0.2, 0.25) is 0 Å². The van der Waals surface area contributed by atoms with E-state index in [9.17, 15) is 5.11 Å². The third kappa shape index (κ3) is 4.08. The van der Waals surface area contributed by atoms with E-state index in [-0.39, 0.29) is 0 Å². The Labute approximate surface area is 136 Å². The molecule has 2 rings (SSSR count). The van der Waals surface area contributed by atoms with E-state index in [1.165, 1.54) is 6.42 Å². The van der Waals surface area contributed by atoms with Crippen molar-refractivity contribution in [3.8, 4) is 0 Å². The molecule has 21 heavy (non-hydrogen) atoms. The number of aliphatic hydroxyl groups is 1. The topological polar surface area (TPSA) is 41.3 Å². The summed E-state index contributed by atoms with van der Waals surface area (Å²) in [5.41, 5.74) is 0.531. The van der Waals surface area contributed by atoms with Gasteiger partial charge in [0.1, 0.15) is 5.60 Å². The van der Waals surface area contributed by atoms with Gasteiger partial charge in [-0.25, -0.2) is 0 Å². The van der Waals surface area contributed by atoms with Crippen LogP contribution in [0, 0.1) is 5.41 Å². The molecule has 1 atom stereocenters. The molecule has 1 aliphatic carbocycles. The zero-order chi connectivity index (χ0) is 15.7. The molecule has 5 heteroatoms. The lowest BCUT2D eigenvalue weighted by molar-refractivity contribution is 0.00828. The van der Waals surface area contributed by atoms with Gasteiger partial charge < -0.3 is 10.0 Å². The van der Waals surface area contributed by atoms with E-state index in [0.717, 1.165) is 48.9 Å². The number of nitrogens with zero attached hydrogens (tertiary/aromatic N) is 3. The van der Waals surface area contributed by atoms with Gasteiger partial charge in [0, 0.05) is 6.54 Å². The van der Waals surface area contributed by atoms with Gasteiger partial charge >= 0.3 is 0 Å². The Kier molecular flexibility index (Phi) is 5.16. The first-order chi connectivity index (χ1) is 9.73. The molecule has 0 aromatic carbocycles. The maximum absolute atomic E-state index is 11.3. The summed E-state index contributed by atoms with van der Waals surface area (Å²) >= 11 is 3.59. The Hall–Kier alpha value is -0.390. The highest BCUT2D eigenvalue weighted by Gasteiger charge is 2.39. The molecule has 0 saturated heterocycles. The number of hydrogen-bond acceptors (Lipinski definition) is 3. The first-order valence-electron chi connectivity index (χ1n) is 7.82. The van der Waals surface area contributed by atoms with E-state index in [1.807, 2.05) is 10.9 Å². The fraction of sp³-hybridized carbons (Fsp3) is 0.812. The summed E-state index contributed by atoms with van der Waals surface area (Å²) in [5.74, 6) is 0. The summed E-state index contributed by atoms with van der Waals surface area (Å²) in [7, 11) is 4.11. The summed E-state index contributed by atoms with van der Waals surface area (Å²) in [6.45, 7) is 6.33. The van der Waals surface area contributed by atoms with E-state index >= 15 is 0 Å². The molecule has 1 heterocycles. The van der Waals surface area contributed by atoms with Crippen molar-refractivity contribution in [1.29, 1.82) is 0 Å². The van der Waals surface area contributed by atoms with Gasteiger partial charge in [0.2, 0.25) is 0 Å². The van der Waals surface area contributed by atoms with Crippen LogP contribution in [-0.4, -0.2) is 40.4 Å². The second-order valence-electron chi connectivity index (χ2n) is 7.42. The summed E-state index contributed by atoms with van der Waals surface area (Å²) in [6.07, 6.45) is 6.75. The Balaban J connectivity index is 2.25. The van der Waals surface area contributed by atoms with Crippen molar-refractivity contribution >= 4 is 15.9 Å². The Bertz CT molecular complexity index is 484. The first-order valence-corrected chi connectivity index (χ1v) is 8.62. The SMILES string of the molecule is CN(C)CCn1ncc(Br)c1C1(O)CCCC(C)(C)CC1. The highest BCUT2D eigenvalue weighted by Crippen LogP contribution is 2.44. The van der Waals surface area contributed by atoms with Crippen LogP contribution in [0.25, 0.3) is 0 Å². The molecule has 0 bridgehead atoms. The molecule has 120 valence electrons. The fourth-order valence-electron chi connectivity index (χ4n) is 3.18. The number of likely N-dealkylation sites (N-methyl/N-ethyl adjacent to an activating group) is 1. The molecule has 1 unspecified atom stereocenters. The molecule has 1 N–H and O–H groups in total. The van der Waals surface area contributed by atoms with Crippen LogP contribution >= 0.6 is 15.9 Å². The Morgan fingerprint density at radius 2 is 2.00 bits per heavy atom. The fourth-order valence-corrected chi connectivity index (χ4v) is 3.85. The van der Waals surface area contributed by atoms with Gasteiger partial charge in [0.15, 0.2) is 0 Å². The highest BCUT2D eigenvalue weighted by molar-refractivity contribution is 9.10. The van der Waals surface area contributed by atoms with Crippen molar-refractivity contribution < 1.29 is 5.11 Å². The number of aromatic nitrogens is 2.